The minimum Gasteiger partial charge on any atom is -0.324 e. The quantitative estimate of drug-likeness (QED) is 0.749. The molecule has 4 nitrogen and oxygen atoms in total. The van der Waals surface area contributed by atoms with Crippen LogP contribution in [0, 0.1) is 0 Å². The number of aromatic nitrogens is 3. The van der Waals surface area contributed by atoms with Crippen molar-refractivity contribution in [2.24, 2.45) is 0 Å². The van der Waals surface area contributed by atoms with Gasteiger partial charge in [0.05, 0.1) is 5.69 Å². The van der Waals surface area contributed by atoms with Crippen LogP contribution in [-0.4, -0.2) is 15.0 Å². The zero-order valence-corrected chi connectivity index (χ0v) is 13.0. The molecule has 1 aromatic carbocycles. The molecule has 0 atom stereocenters. The highest BCUT2D eigenvalue weighted by Gasteiger charge is 2.19. The molecule has 6 heteroatoms. The lowest BCUT2D eigenvalue weighted by atomic mass is 10.1. The second kappa shape index (κ2) is 5.59. The molecule has 3 heterocycles. The maximum absolute atomic E-state index is 5.90. The van der Waals surface area contributed by atoms with E-state index in [1.807, 2.05) is 48.8 Å². The van der Waals surface area contributed by atoms with E-state index in [-0.39, 0.29) is 0 Å². The Balaban J connectivity index is 1.71. The number of benzene rings is 1. The maximum atomic E-state index is 5.90. The first-order valence-corrected chi connectivity index (χ1v) is 8.13. The first kappa shape index (κ1) is 13.5. The van der Waals surface area contributed by atoms with Crippen molar-refractivity contribution in [1.29, 1.82) is 0 Å². The molecule has 0 saturated carbocycles. The van der Waals surface area contributed by atoms with Crippen LogP contribution in [-0.2, 0) is 5.75 Å². The minimum absolute atomic E-state index is 0.572. The smallest absolute Gasteiger partial charge is 0.227 e. The Morgan fingerprint density at radius 2 is 1.95 bits per heavy atom. The fraction of sp³-hybridized carbons (Fsp3) is 0.0625. The molecular formula is C16H11ClN4S. The summed E-state index contributed by atoms with van der Waals surface area (Å²) in [5.41, 5.74) is 4.05. The number of hydrogen-bond donors (Lipinski definition) is 1. The molecule has 1 N–H and O–H groups in total. The normalized spacial score (nSPS) is 12.4. The molecule has 108 valence electrons. The summed E-state index contributed by atoms with van der Waals surface area (Å²) in [6, 6.07) is 11.4. The van der Waals surface area contributed by atoms with Crippen molar-refractivity contribution in [2.75, 3.05) is 5.32 Å². The fourth-order valence-corrected chi connectivity index (χ4v) is 3.39. The van der Waals surface area contributed by atoms with Crippen molar-refractivity contribution in [1.82, 2.24) is 15.0 Å². The first-order chi connectivity index (χ1) is 10.8. The average Bonchev–Trinajstić information content (AvgIpc) is 2.57. The van der Waals surface area contributed by atoms with Crippen LogP contribution in [0.15, 0.2) is 53.8 Å². The van der Waals surface area contributed by atoms with E-state index in [9.17, 15) is 0 Å². The molecule has 1 aliphatic heterocycles. The van der Waals surface area contributed by atoms with Gasteiger partial charge in [-0.15, -0.1) is 11.8 Å². The molecule has 0 amide bonds. The number of nitrogens with one attached hydrogen (secondary N) is 1. The van der Waals surface area contributed by atoms with E-state index in [0.29, 0.717) is 11.0 Å². The Morgan fingerprint density at radius 1 is 1.09 bits per heavy atom. The predicted molar refractivity (Wildman–Crippen MR) is 89.6 cm³/mol. The van der Waals surface area contributed by atoms with E-state index in [1.165, 1.54) is 0 Å². The van der Waals surface area contributed by atoms with E-state index < -0.39 is 0 Å². The minimum atomic E-state index is 0.572. The van der Waals surface area contributed by atoms with Gasteiger partial charge < -0.3 is 5.32 Å². The molecule has 0 aliphatic carbocycles. The van der Waals surface area contributed by atoms with Crippen LogP contribution in [0.25, 0.3) is 11.3 Å². The summed E-state index contributed by atoms with van der Waals surface area (Å²) in [5.74, 6) is 1.42. The van der Waals surface area contributed by atoms with Gasteiger partial charge in [0.25, 0.3) is 0 Å². The fourth-order valence-electron chi connectivity index (χ4n) is 2.30. The second-order valence-corrected chi connectivity index (χ2v) is 6.24. The SMILES string of the molecule is Clc1ccc(Nc2ncc3c(n2)-c2cccnc2SC3)cc1. The number of rotatable bonds is 2. The van der Waals surface area contributed by atoms with Crippen molar-refractivity contribution >= 4 is 35.0 Å². The molecule has 22 heavy (non-hydrogen) atoms. The van der Waals surface area contributed by atoms with Gasteiger partial charge in [0.2, 0.25) is 5.95 Å². The number of anilines is 2. The van der Waals surface area contributed by atoms with Crippen LogP contribution in [0.4, 0.5) is 11.6 Å². The molecule has 0 bridgehead atoms. The Bertz CT molecular complexity index is 836. The van der Waals surface area contributed by atoms with Gasteiger partial charge in [-0.25, -0.2) is 15.0 Å². The van der Waals surface area contributed by atoms with Crippen LogP contribution in [0.3, 0.4) is 0 Å². The molecular weight excluding hydrogens is 316 g/mol. The Morgan fingerprint density at radius 3 is 2.82 bits per heavy atom. The van der Waals surface area contributed by atoms with Gasteiger partial charge in [-0.05, 0) is 36.4 Å². The van der Waals surface area contributed by atoms with E-state index in [2.05, 4.69) is 20.3 Å². The Hall–Kier alpha value is -2.11. The third-order valence-electron chi connectivity index (χ3n) is 3.36. The molecule has 0 radical (unpaired) electrons. The lowest BCUT2D eigenvalue weighted by molar-refractivity contribution is 1.06. The van der Waals surface area contributed by atoms with Gasteiger partial charge in [-0.3, -0.25) is 0 Å². The number of pyridine rings is 1. The summed E-state index contributed by atoms with van der Waals surface area (Å²) >= 11 is 7.61. The third kappa shape index (κ3) is 2.53. The van der Waals surface area contributed by atoms with Crippen molar-refractivity contribution in [3.63, 3.8) is 0 Å². The molecule has 2 aromatic heterocycles. The molecule has 0 saturated heterocycles. The zero-order chi connectivity index (χ0) is 14.9. The van der Waals surface area contributed by atoms with Gasteiger partial charge in [-0.1, -0.05) is 11.6 Å². The summed E-state index contributed by atoms with van der Waals surface area (Å²) < 4.78 is 0. The van der Waals surface area contributed by atoms with Crippen molar-refractivity contribution < 1.29 is 0 Å². The highest BCUT2D eigenvalue weighted by atomic mass is 35.5. The molecule has 0 fully saturated rings. The Labute approximate surface area is 137 Å². The monoisotopic (exact) mass is 326 g/mol. The molecule has 3 aromatic rings. The molecule has 0 unspecified atom stereocenters. The van der Waals surface area contributed by atoms with Crippen LogP contribution >= 0.6 is 23.4 Å². The highest BCUT2D eigenvalue weighted by molar-refractivity contribution is 7.98. The summed E-state index contributed by atoms with van der Waals surface area (Å²) in [7, 11) is 0. The summed E-state index contributed by atoms with van der Waals surface area (Å²) in [4.78, 5) is 13.5. The van der Waals surface area contributed by atoms with Crippen LogP contribution in [0.5, 0.6) is 0 Å². The first-order valence-electron chi connectivity index (χ1n) is 6.76. The van der Waals surface area contributed by atoms with Gasteiger partial charge in [0.15, 0.2) is 0 Å². The van der Waals surface area contributed by atoms with Crippen LogP contribution in [0.2, 0.25) is 5.02 Å². The maximum Gasteiger partial charge on any atom is 0.227 e. The highest BCUT2D eigenvalue weighted by Crippen LogP contribution is 2.38. The van der Waals surface area contributed by atoms with Gasteiger partial charge in [-0.2, -0.15) is 0 Å². The topological polar surface area (TPSA) is 50.7 Å². The average molecular weight is 327 g/mol. The number of nitrogens with zero attached hydrogens (tertiary/aromatic N) is 3. The van der Waals surface area contributed by atoms with E-state index in [1.54, 1.807) is 11.8 Å². The Kier molecular flexibility index (Phi) is 3.44. The van der Waals surface area contributed by atoms with Gasteiger partial charge in [0, 0.05) is 40.0 Å². The molecule has 1 aliphatic rings. The van der Waals surface area contributed by atoms with E-state index >= 15 is 0 Å². The van der Waals surface area contributed by atoms with E-state index in [4.69, 9.17) is 11.6 Å². The summed E-state index contributed by atoms with van der Waals surface area (Å²) in [6.07, 6.45) is 3.69. The summed E-state index contributed by atoms with van der Waals surface area (Å²) in [6.45, 7) is 0. The van der Waals surface area contributed by atoms with E-state index in [0.717, 1.165) is 33.3 Å². The largest absolute Gasteiger partial charge is 0.324 e. The number of hydrogen-bond acceptors (Lipinski definition) is 5. The van der Waals surface area contributed by atoms with Crippen molar-refractivity contribution in [2.45, 2.75) is 10.8 Å². The number of halogens is 1. The van der Waals surface area contributed by atoms with Crippen molar-refractivity contribution in [3.05, 3.63) is 59.4 Å². The van der Waals surface area contributed by atoms with Crippen LogP contribution in [0.1, 0.15) is 5.56 Å². The standard InChI is InChI=1S/C16H11ClN4S/c17-11-3-5-12(6-4-11)20-16-19-8-10-9-22-15-13(14(10)21-16)2-1-7-18-15/h1-8H,9H2,(H,19,20,21). The number of fused-ring (bicyclic) bond motifs is 3. The number of thioether (sulfide) groups is 1. The third-order valence-corrected chi connectivity index (χ3v) is 4.66. The predicted octanol–water partition coefficient (Wildman–Crippen LogP) is 4.54. The second-order valence-electron chi connectivity index (χ2n) is 4.84. The van der Waals surface area contributed by atoms with Gasteiger partial charge in [0.1, 0.15) is 5.03 Å². The lowest BCUT2D eigenvalue weighted by Gasteiger charge is -2.17. The van der Waals surface area contributed by atoms with Crippen molar-refractivity contribution in [3.8, 4) is 11.3 Å². The zero-order valence-electron chi connectivity index (χ0n) is 11.5. The molecule has 4 rings (SSSR count). The van der Waals surface area contributed by atoms with Crippen LogP contribution < -0.4 is 5.32 Å². The molecule has 0 spiro atoms. The summed E-state index contributed by atoms with van der Waals surface area (Å²) in [5, 5.41) is 4.93. The lowest BCUT2D eigenvalue weighted by Crippen LogP contribution is -2.05. The van der Waals surface area contributed by atoms with Gasteiger partial charge >= 0.3 is 0 Å².